The first-order valence-corrected chi connectivity index (χ1v) is 12.1. The second-order valence-electron chi connectivity index (χ2n) is 10.7. The van der Waals surface area contributed by atoms with Crippen molar-refractivity contribution in [2.45, 2.75) is 73.0 Å². The van der Waals surface area contributed by atoms with Crippen molar-refractivity contribution in [2.24, 2.45) is 40.6 Å². The highest BCUT2D eigenvalue weighted by atomic mass is 16.5. The van der Waals surface area contributed by atoms with Crippen LogP contribution < -0.4 is 21.5 Å². The van der Waals surface area contributed by atoms with E-state index in [0.717, 1.165) is 5.56 Å². The van der Waals surface area contributed by atoms with Gasteiger partial charge in [-0.25, -0.2) is 0 Å². The molecular weight excluding hydrogens is 434 g/mol. The summed E-state index contributed by atoms with van der Waals surface area (Å²) in [4.78, 5) is 24.4. The summed E-state index contributed by atoms with van der Waals surface area (Å²) in [5, 5.41) is 23.8. The monoisotopic (exact) mass is 479 g/mol. The largest absolute Gasteiger partial charge is 0.504 e. The molecule has 0 saturated carbocycles. The molecule has 8 heteroatoms. The van der Waals surface area contributed by atoms with Crippen molar-refractivity contribution < 1.29 is 24.5 Å². The van der Waals surface area contributed by atoms with E-state index < -0.39 is 29.4 Å². The predicted molar refractivity (Wildman–Crippen MR) is 134 cm³/mol. The van der Waals surface area contributed by atoms with Crippen LogP contribution in [0.5, 0.6) is 11.5 Å². The quantitative estimate of drug-likeness (QED) is 0.277. The van der Waals surface area contributed by atoms with Crippen molar-refractivity contribution in [2.75, 3.05) is 13.7 Å². The molecule has 0 bridgehead atoms. The van der Waals surface area contributed by atoms with E-state index in [2.05, 4.69) is 19.2 Å². The molecule has 34 heavy (non-hydrogen) atoms. The van der Waals surface area contributed by atoms with Crippen molar-refractivity contribution in [3.05, 3.63) is 23.8 Å². The fraction of sp³-hybridized carbons (Fsp3) is 0.692. The van der Waals surface area contributed by atoms with Gasteiger partial charge in [0.15, 0.2) is 11.5 Å². The zero-order valence-electron chi connectivity index (χ0n) is 21.8. The zero-order chi connectivity index (χ0) is 26.2. The van der Waals surface area contributed by atoms with Crippen molar-refractivity contribution >= 4 is 11.8 Å². The van der Waals surface area contributed by atoms with Crippen molar-refractivity contribution in [1.29, 1.82) is 0 Å². The van der Waals surface area contributed by atoms with Gasteiger partial charge in [-0.2, -0.15) is 0 Å². The number of hydrogen-bond donors (Lipinski definition) is 5. The number of aliphatic hydroxyl groups excluding tert-OH is 1. The third kappa shape index (κ3) is 8.80. The second-order valence-corrected chi connectivity index (χ2v) is 10.7. The van der Waals surface area contributed by atoms with Crippen LogP contribution in [0.4, 0.5) is 0 Å². The summed E-state index contributed by atoms with van der Waals surface area (Å²) in [5.74, 6) is -0.151. The topological polar surface area (TPSA) is 148 Å². The van der Waals surface area contributed by atoms with Gasteiger partial charge in [0.2, 0.25) is 11.8 Å². The van der Waals surface area contributed by atoms with Crippen LogP contribution >= 0.6 is 0 Å². The summed E-state index contributed by atoms with van der Waals surface area (Å²) in [6, 6.07) is 4.85. The maximum atomic E-state index is 12.8. The number of phenolic OH excluding ortho intramolecular Hbond substituents is 1. The standard InChI is InChI=1S/C26H45N3O5/c1-15(2)18(10-17-8-9-23(34-7)22(31)11-17)12-20(27)21(30)13-19(16(3)4)24(32)29-14-26(5,6)25(28)33/h8-9,11,15-16,18-21,30-31H,10,12-14,27H2,1-7H3,(H2,28,33)(H,29,32). The Morgan fingerprint density at radius 1 is 1.12 bits per heavy atom. The molecule has 7 N–H and O–H groups in total. The van der Waals surface area contributed by atoms with Crippen LogP contribution in [0.3, 0.4) is 0 Å². The van der Waals surface area contributed by atoms with Gasteiger partial charge < -0.3 is 31.7 Å². The first-order valence-electron chi connectivity index (χ1n) is 12.1. The highest BCUT2D eigenvalue weighted by Crippen LogP contribution is 2.30. The number of nitrogens with one attached hydrogen (secondary N) is 1. The third-order valence-corrected chi connectivity index (χ3v) is 6.76. The van der Waals surface area contributed by atoms with E-state index in [1.165, 1.54) is 7.11 Å². The first-order chi connectivity index (χ1) is 15.7. The number of rotatable bonds is 14. The average Bonchev–Trinajstić information content (AvgIpc) is 2.74. The molecule has 0 spiro atoms. The van der Waals surface area contributed by atoms with Gasteiger partial charge in [-0.3, -0.25) is 9.59 Å². The summed E-state index contributed by atoms with van der Waals surface area (Å²) < 4.78 is 5.11. The highest BCUT2D eigenvalue weighted by Gasteiger charge is 2.32. The Bertz CT molecular complexity index is 810. The molecular formula is C26H45N3O5. The molecule has 194 valence electrons. The van der Waals surface area contributed by atoms with Crippen molar-refractivity contribution in [3.8, 4) is 11.5 Å². The number of phenols is 1. The number of ether oxygens (including phenoxy) is 1. The van der Waals surface area contributed by atoms with E-state index in [1.54, 1.807) is 26.0 Å². The van der Waals surface area contributed by atoms with Crippen molar-refractivity contribution in [3.63, 3.8) is 0 Å². The number of aliphatic hydroxyl groups is 1. The Morgan fingerprint density at radius 3 is 2.21 bits per heavy atom. The van der Waals surface area contributed by atoms with Crippen LogP contribution in [0.1, 0.15) is 59.9 Å². The second kappa shape index (κ2) is 13.0. The smallest absolute Gasteiger partial charge is 0.224 e. The van der Waals surface area contributed by atoms with Gasteiger partial charge in [0.1, 0.15) is 0 Å². The molecule has 4 unspecified atom stereocenters. The molecule has 0 fully saturated rings. The van der Waals surface area contributed by atoms with Gasteiger partial charge in [-0.15, -0.1) is 0 Å². The summed E-state index contributed by atoms with van der Waals surface area (Å²) in [6.45, 7) is 11.6. The van der Waals surface area contributed by atoms with E-state index in [4.69, 9.17) is 16.2 Å². The molecule has 0 saturated heterocycles. The number of carbonyl (C=O) groups excluding carboxylic acids is 2. The maximum absolute atomic E-state index is 12.8. The first kappa shape index (κ1) is 29.7. The molecule has 0 aliphatic carbocycles. The fourth-order valence-corrected chi connectivity index (χ4v) is 3.91. The van der Waals surface area contributed by atoms with E-state index in [-0.39, 0.29) is 36.5 Å². The molecule has 2 amide bonds. The molecule has 1 aromatic rings. The van der Waals surface area contributed by atoms with Gasteiger partial charge >= 0.3 is 0 Å². The molecule has 1 rings (SSSR count). The molecule has 0 aliphatic rings. The number of aromatic hydroxyl groups is 1. The Balaban J connectivity index is 2.81. The van der Waals surface area contributed by atoms with Gasteiger partial charge in [0.25, 0.3) is 0 Å². The number of primary amides is 1. The normalized spacial score (nSPS) is 15.6. The predicted octanol–water partition coefficient (Wildman–Crippen LogP) is 2.58. The Kier molecular flexibility index (Phi) is 11.3. The Morgan fingerprint density at radius 2 is 1.74 bits per heavy atom. The molecule has 0 radical (unpaired) electrons. The number of benzene rings is 1. The van der Waals surface area contributed by atoms with E-state index >= 15 is 0 Å². The molecule has 4 atom stereocenters. The minimum atomic E-state index is -0.855. The highest BCUT2D eigenvalue weighted by molar-refractivity contribution is 5.83. The summed E-state index contributed by atoms with van der Waals surface area (Å²) in [5.41, 5.74) is 11.9. The van der Waals surface area contributed by atoms with Gasteiger partial charge in [0.05, 0.1) is 18.6 Å². The Labute approximate surface area is 204 Å². The Hall–Kier alpha value is -2.32. The number of methoxy groups -OCH3 is 1. The minimum absolute atomic E-state index is 0.0123. The van der Waals surface area contributed by atoms with E-state index in [0.29, 0.717) is 24.5 Å². The lowest BCUT2D eigenvalue weighted by atomic mass is 9.80. The minimum Gasteiger partial charge on any atom is -0.504 e. The van der Waals surface area contributed by atoms with Gasteiger partial charge in [-0.05, 0) is 68.6 Å². The van der Waals surface area contributed by atoms with E-state index in [1.807, 2.05) is 19.9 Å². The average molecular weight is 480 g/mol. The third-order valence-electron chi connectivity index (χ3n) is 6.76. The molecule has 1 aromatic carbocycles. The molecule has 0 heterocycles. The lowest BCUT2D eigenvalue weighted by Crippen LogP contribution is -2.46. The lowest BCUT2D eigenvalue weighted by Gasteiger charge is -2.30. The number of amides is 2. The zero-order valence-corrected chi connectivity index (χ0v) is 21.8. The lowest BCUT2D eigenvalue weighted by molar-refractivity contribution is -0.130. The number of hydrogen-bond acceptors (Lipinski definition) is 6. The summed E-state index contributed by atoms with van der Waals surface area (Å²) in [6.07, 6.45) is 0.655. The fourth-order valence-electron chi connectivity index (χ4n) is 3.91. The van der Waals surface area contributed by atoms with Gasteiger partial charge in [-0.1, -0.05) is 33.8 Å². The SMILES string of the molecule is COc1ccc(CC(CC(N)C(O)CC(C(=O)NCC(C)(C)C(N)=O)C(C)C)C(C)C)cc1O. The number of carbonyl (C=O) groups is 2. The van der Waals surface area contributed by atoms with Crippen LogP contribution in [-0.4, -0.2) is 47.8 Å². The number of nitrogens with two attached hydrogens (primary N) is 2. The molecule has 8 nitrogen and oxygen atoms in total. The molecule has 0 aromatic heterocycles. The van der Waals surface area contributed by atoms with Crippen LogP contribution in [0.15, 0.2) is 18.2 Å². The van der Waals surface area contributed by atoms with Gasteiger partial charge in [0, 0.05) is 18.5 Å². The van der Waals surface area contributed by atoms with Crippen LogP contribution in [0.2, 0.25) is 0 Å². The van der Waals surface area contributed by atoms with Crippen LogP contribution in [-0.2, 0) is 16.0 Å². The summed E-state index contributed by atoms with van der Waals surface area (Å²) in [7, 11) is 1.51. The maximum Gasteiger partial charge on any atom is 0.224 e. The van der Waals surface area contributed by atoms with Crippen LogP contribution in [0, 0.1) is 29.1 Å². The molecule has 0 aliphatic heterocycles. The van der Waals surface area contributed by atoms with E-state index in [9.17, 15) is 19.8 Å². The van der Waals surface area contributed by atoms with Crippen molar-refractivity contribution in [1.82, 2.24) is 5.32 Å². The van der Waals surface area contributed by atoms with Crippen LogP contribution in [0.25, 0.3) is 0 Å². The summed E-state index contributed by atoms with van der Waals surface area (Å²) >= 11 is 0.